The molecular formula is C16H16F3N. The topological polar surface area (TPSA) is 12.0 Å². The maximum atomic E-state index is 13.7. The Hall–Kier alpha value is -1.81. The minimum atomic E-state index is -0.565. The van der Waals surface area contributed by atoms with E-state index in [0.717, 1.165) is 11.1 Å². The molecule has 0 aliphatic rings. The van der Waals surface area contributed by atoms with Crippen molar-refractivity contribution < 1.29 is 13.2 Å². The second-order valence-corrected chi connectivity index (χ2v) is 4.75. The Bertz CT molecular complexity index is 590. The van der Waals surface area contributed by atoms with E-state index < -0.39 is 11.6 Å². The molecule has 1 nitrogen and oxygen atoms in total. The normalized spacial score (nSPS) is 12.4. The Morgan fingerprint density at radius 1 is 1.05 bits per heavy atom. The third-order valence-corrected chi connectivity index (χ3v) is 3.43. The second kappa shape index (κ2) is 6.09. The van der Waals surface area contributed by atoms with E-state index >= 15 is 0 Å². The standard InChI is InChI=1S/C16H16F3N/c1-10-8-11(17)6-7-12(10)16(20-2)9-13-14(18)4-3-5-15(13)19/h3-8,16,20H,9H2,1-2H3. The van der Waals surface area contributed by atoms with E-state index in [-0.39, 0.29) is 23.8 Å². The summed E-state index contributed by atoms with van der Waals surface area (Å²) in [5.74, 6) is -1.45. The van der Waals surface area contributed by atoms with Crippen LogP contribution in [-0.2, 0) is 6.42 Å². The lowest BCUT2D eigenvalue weighted by molar-refractivity contribution is 0.513. The van der Waals surface area contributed by atoms with Gasteiger partial charge in [-0.3, -0.25) is 0 Å². The molecule has 0 spiro atoms. The molecule has 0 saturated carbocycles. The number of benzene rings is 2. The van der Waals surface area contributed by atoms with E-state index in [1.165, 1.54) is 30.3 Å². The van der Waals surface area contributed by atoms with Crippen LogP contribution < -0.4 is 5.32 Å². The van der Waals surface area contributed by atoms with Gasteiger partial charge in [0.15, 0.2) is 0 Å². The van der Waals surface area contributed by atoms with E-state index in [9.17, 15) is 13.2 Å². The van der Waals surface area contributed by atoms with Gasteiger partial charge in [-0.2, -0.15) is 0 Å². The van der Waals surface area contributed by atoms with E-state index in [1.807, 2.05) is 0 Å². The number of nitrogens with one attached hydrogen (secondary N) is 1. The van der Waals surface area contributed by atoms with Crippen LogP contribution in [0, 0.1) is 24.4 Å². The first-order valence-corrected chi connectivity index (χ1v) is 6.39. The van der Waals surface area contributed by atoms with Gasteiger partial charge in [0, 0.05) is 11.6 Å². The first kappa shape index (κ1) is 14.6. The Labute approximate surface area is 116 Å². The minimum Gasteiger partial charge on any atom is -0.313 e. The van der Waals surface area contributed by atoms with Crippen LogP contribution in [0.25, 0.3) is 0 Å². The summed E-state index contributed by atoms with van der Waals surface area (Å²) in [6.45, 7) is 1.78. The van der Waals surface area contributed by atoms with Crippen molar-refractivity contribution in [2.45, 2.75) is 19.4 Å². The van der Waals surface area contributed by atoms with Crippen LogP contribution in [-0.4, -0.2) is 7.05 Å². The molecule has 0 amide bonds. The summed E-state index contributed by atoms with van der Waals surface area (Å²) >= 11 is 0. The molecule has 2 aromatic rings. The van der Waals surface area contributed by atoms with Gasteiger partial charge in [0.1, 0.15) is 17.5 Å². The van der Waals surface area contributed by atoms with Gasteiger partial charge in [0.25, 0.3) is 0 Å². The fraction of sp³-hybridized carbons (Fsp3) is 0.250. The molecule has 1 unspecified atom stereocenters. The predicted octanol–water partition coefficient (Wildman–Crippen LogP) is 3.92. The minimum absolute atomic E-state index is 0.0376. The second-order valence-electron chi connectivity index (χ2n) is 4.75. The molecule has 0 aliphatic heterocycles. The van der Waals surface area contributed by atoms with Gasteiger partial charge in [-0.1, -0.05) is 12.1 Å². The Balaban J connectivity index is 2.34. The smallest absolute Gasteiger partial charge is 0.129 e. The summed E-state index contributed by atoms with van der Waals surface area (Å²) in [5.41, 5.74) is 1.62. The highest BCUT2D eigenvalue weighted by molar-refractivity contribution is 5.32. The molecule has 2 rings (SSSR count). The molecule has 0 heterocycles. The average Bonchev–Trinajstić information content (AvgIpc) is 2.40. The molecule has 0 fully saturated rings. The molecule has 0 aliphatic carbocycles. The number of halogens is 3. The first-order chi connectivity index (χ1) is 9.52. The van der Waals surface area contributed by atoms with Crippen LogP contribution in [0.1, 0.15) is 22.7 Å². The zero-order valence-corrected chi connectivity index (χ0v) is 11.4. The van der Waals surface area contributed by atoms with Gasteiger partial charge in [-0.25, -0.2) is 13.2 Å². The molecule has 106 valence electrons. The molecule has 0 saturated heterocycles. The molecule has 0 radical (unpaired) electrons. The van der Waals surface area contributed by atoms with Gasteiger partial charge in [-0.05, 0) is 55.8 Å². The van der Waals surface area contributed by atoms with Crippen molar-refractivity contribution in [1.29, 1.82) is 0 Å². The quantitative estimate of drug-likeness (QED) is 0.894. The summed E-state index contributed by atoms with van der Waals surface area (Å²) in [4.78, 5) is 0. The fourth-order valence-corrected chi connectivity index (χ4v) is 2.33. The summed E-state index contributed by atoms with van der Waals surface area (Å²) < 4.78 is 40.5. The van der Waals surface area contributed by atoms with Gasteiger partial charge >= 0.3 is 0 Å². The van der Waals surface area contributed by atoms with Crippen molar-refractivity contribution >= 4 is 0 Å². The number of hydrogen-bond acceptors (Lipinski definition) is 1. The van der Waals surface area contributed by atoms with Crippen LogP contribution in [0.3, 0.4) is 0 Å². The number of likely N-dealkylation sites (N-methyl/N-ethyl adjacent to an activating group) is 1. The SMILES string of the molecule is CNC(Cc1c(F)cccc1F)c1ccc(F)cc1C. The zero-order valence-electron chi connectivity index (χ0n) is 11.4. The maximum absolute atomic E-state index is 13.7. The Morgan fingerprint density at radius 2 is 1.70 bits per heavy atom. The van der Waals surface area contributed by atoms with Crippen LogP contribution in [0.2, 0.25) is 0 Å². The average molecular weight is 279 g/mol. The maximum Gasteiger partial charge on any atom is 0.129 e. The largest absolute Gasteiger partial charge is 0.313 e. The van der Waals surface area contributed by atoms with Crippen LogP contribution in [0.15, 0.2) is 36.4 Å². The van der Waals surface area contributed by atoms with E-state index in [2.05, 4.69) is 5.32 Å². The molecule has 2 aromatic carbocycles. The molecule has 1 atom stereocenters. The van der Waals surface area contributed by atoms with Crippen molar-refractivity contribution in [3.63, 3.8) is 0 Å². The summed E-state index contributed by atoms with van der Waals surface area (Å²) in [6.07, 6.45) is 0.168. The molecule has 20 heavy (non-hydrogen) atoms. The van der Waals surface area contributed by atoms with E-state index in [0.29, 0.717) is 0 Å². The lowest BCUT2D eigenvalue weighted by Crippen LogP contribution is -2.21. The first-order valence-electron chi connectivity index (χ1n) is 6.39. The number of rotatable bonds is 4. The lowest BCUT2D eigenvalue weighted by atomic mass is 9.95. The zero-order chi connectivity index (χ0) is 14.7. The number of hydrogen-bond donors (Lipinski definition) is 1. The van der Waals surface area contributed by atoms with Gasteiger partial charge < -0.3 is 5.32 Å². The van der Waals surface area contributed by atoms with Crippen molar-refractivity contribution in [3.05, 3.63) is 70.5 Å². The summed E-state index contributed by atoms with van der Waals surface area (Å²) in [5, 5.41) is 3.03. The highest BCUT2D eigenvalue weighted by Gasteiger charge is 2.17. The van der Waals surface area contributed by atoms with Crippen LogP contribution in [0.5, 0.6) is 0 Å². The fourth-order valence-electron chi connectivity index (χ4n) is 2.33. The lowest BCUT2D eigenvalue weighted by Gasteiger charge is -2.19. The van der Waals surface area contributed by atoms with Crippen molar-refractivity contribution in [2.24, 2.45) is 0 Å². The van der Waals surface area contributed by atoms with E-state index in [4.69, 9.17) is 0 Å². The van der Waals surface area contributed by atoms with Crippen molar-refractivity contribution in [2.75, 3.05) is 7.05 Å². The third-order valence-electron chi connectivity index (χ3n) is 3.43. The number of aryl methyl sites for hydroxylation is 1. The predicted molar refractivity (Wildman–Crippen MR) is 73.0 cm³/mol. The highest BCUT2D eigenvalue weighted by atomic mass is 19.1. The van der Waals surface area contributed by atoms with Gasteiger partial charge in [0.05, 0.1) is 0 Å². The summed E-state index contributed by atoms with van der Waals surface area (Å²) in [7, 11) is 1.71. The molecule has 4 heteroatoms. The summed E-state index contributed by atoms with van der Waals surface area (Å²) in [6, 6.07) is 7.95. The van der Waals surface area contributed by atoms with E-state index in [1.54, 1.807) is 20.0 Å². The van der Waals surface area contributed by atoms with Crippen molar-refractivity contribution in [3.8, 4) is 0 Å². The molecule has 1 N–H and O–H groups in total. The molecule has 0 aromatic heterocycles. The molecular weight excluding hydrogens is 263 g/mol. The monoisotopic (exact) mass is 279 g/mol. The van der Waals surface area contributed by atoms with Crippen LogP contribution >= 0.6 is 0 Å². The van der Waals surface area contributed by atoms with Crippen LogP contribution in [0.4, 0.5) is 13.2 Å². The van der Waals surface area contributed by atoms with Crippen molar-refractivity contribution in [1.82, 2.24) is 5.32 Å². The third kappa shape index (κ3) is 3.02. The highest BCUT2D eigenvalue weighted by Crippen LogP contribution is 2.24. The Kier molecular flexibility index (Phi) is 4.45. The molecule has 0 bridgehead atoms. The van der Waals surface area contributed by atoms with Gasteiger partial charge in [0.2, 0.25) is 0 Å². The Morgan fingerprint density at radius 3 is 2.25 bits per heavy atom. The van der Waals surface area contributed by atoms with Gasteiger partial charge in [-0.15, -0.1) is 0 Å².